The topological polar surface area (TPSA) is 67.8 Å². The van der Waals surface area contributed by atoms with E-state index in [-0.39, 0.29) is 5.56 Å². The summed E-state index contributed by atoms with van der Waals surface area (Å²) in [6.07, 6.45) is 3.01. The van der Waals surface area contributed by atoms with Crippen molar-refractivity contribution >= 4 is 10.9 Å². The van der Waals surface area contributed by atoms with Crippen LogP contribution in [0.3, 0.4) is 0 Å². The standard InChI is InChI=1S/C11H13N3O2/c1-11(2,3)14-9(15)7-6-12-5-4-8(7)13-10(14)16/h4-6H,1-3H3,(H,13,16). The molecule has 0 aliphatic carbocycles. The van der Waals surface area contributed by atoms with Gasteiger partial charge < -0.3 is 4.98 Å². The van der Waals surface area contributed by atoms with E-state index in [9.17, 15) is 9.59 Å². The third-order valence-corrected chi connectivity index (χ3v) is 2.37. The number of nitrogens with one attached hydrogen (secondary N) is 1. The van der Waals surface area contributed by atoms with Gasteiger partial charge in [-0.1, -0.05) is 0 Å². The number of rotatable bonds is 0. The fraction of sp³-hybridized carbons (Fsp3) is 0.364. The van der Waals surface area contributed by atoms with Crippen LogP contribution in [0.4, 0.5) is 0 Å². The highest BCUT2D eigenvalue weighted by Crippen LogP contribution is 2.09. The number of aromatic amines is 1. The minimum absolute atomic E-state index is 0.306. The predicted molar refractivity (Wildman–Crippen MR) is 61.6 cm³/mol. The van der Waals surface area contributed by atoms with Crippen LogP contribution in [-0.2, 0) is 5.54 Å². The highest BCUT2D eigenvalue weighted by molar-refractivity contribution is 5.75. The molecular weight excluding hydrogens is 206 g/mol. The lowest BCUT2D eigenvalue weighted by molar-refractivity contribution is 0.369. The van der Waals surface area contributed by atoms with Crippen LogP contribution in [-0.4, -0.2) is 14.5 Å². The van der Waals surface area contributed by atoms with Crippen LogP contribution in [0.15, 0.2) is 28.0 Å². The van der Waals surface area contributed by atoms with Crippen molar-refractivity contribution in [3.63, 3.8) is 0 Å². The van der Waals surface area contributed by atoms with E-state index >= 15 is 0 Å². The third-order valence-electron chi connectivity index (χ3n) is 2.37. The summed E-state index contributed by atoms with van der Waals surface area (Å²) < 4.78 is 1.21. The van der Waals surface area contributed by atoms with Crippen LogP contribution in [0, 0.1) is 0 Å². The molecule has 0 saturated carbocycles. The Morgan fingerprint density at radius 3 is 2.62 bits per heavy atom. The molecule has 0 unspecified atom stereocenters. The van der Waals surface area contributed by atoms with E-state index in [4.69, 9.17) is 0 Å². The van der Waals surface area contributed by atoms with Gasteiger partial charge in [-0.3, -0.25) is 14.3 Å². The second-order valence-electron chi connectivity index (χ2n) is 4.66. The monoisotopic (exact) mass is 219 g/mol. The quantitative estimate of drug-likeness (QED) is 0.714. The van der Waals surface area contributed by atoms with Gasteiger partial charge in [-0.2, -0.15) is 0 Å². The summed E-state index contributed by atoms with van der Waals surface area (Å²) >= 11 is 0. The van der Waals surface area contributed by atoms with Gasteiger partial charge >= 0.3 is 5.69 Å². The van der Waals surface area contributed by atoms with E-state index < -0.39 is 11.2 Å². The molecule has 0 bridgehead atoms. The van der Waals surface area contributed by atoms with E-state index in [1.807, 2.05) is 20.8 Å². The van der Waals surface area contributed by atoms with Gasteiger partial charge in [-0.25, -0.2) is 4.79 Å². The van der Waals surface area contributed by atoms with Crippen molar-refractivity contribution in [2.45, 2.75) is 26.3 Å². The Hall–Kier alpha value is -1.91. The molecular formula is C11H13N3O2. The van der Waals surface area contributed by atoms with Crippen LogP contribution < -0.4 is 11.2 Å². The largest absolute Gasteiger partial charge is 0.329 e. The summed E-state index contributed by atoms with van der Waals surface area (Å²) in [5, 5.41) is 0.428. The van der Waals surface area contributed by atoms with E-state index in [1.54, 1.807) is 12.3 Å². The van der Waals surface area contributed by atoms with Crippen molar-refractivity contribution in [2.24, 2.45) is 0 Å². The Bertz CT molecular complexity index is 647. The van der Waals surface area contributed by atoms with E-state index in [0.29, 0.717) is 10.9 Å². The van der Waals surface area contributed by atoms with Crippen molar-refractivity contribution < 1.29 is 0 Å². The molecule has 2 rings (SSSR count). The van der Waals surface area contributed by atoms with Crippen LogP contribution in [0.25, 0.3) is 10.9 Å². The second kappa shape index (κ2) is 3.30. The molecule has 0 saturated heterocycles. The first-order valence-corrected chi connectivity index (χ1v) is 5.01. The van der Waals surface area contributed by atoms with Crippen molar-refractivity contribution in [1.29, 1.82) is 0 Å². The molecule has 5 heteroatoms. The van der Waals surface area contributed by atoms with E-state index in [1.165, 1.54) is 10.8 Å². The predicted octanol–water partition coefficient (Wildman–Crippen LogP) is 0.840. The van der Waals surface area contributed by atoms with Gasteiger partial charge in [0.25, 0.3) is 5.56 Å². The van der Waals surface area contributed by atoms with Gasteiger partial charge in [-0.15, -0.1) is 0 Å². The van der Waals surface area contributed by atoms with Crippen LogP contribution >= 0.6 is 0 Å². The highest BCUT2D eigenvalue weighted by Gasteiger charge is 2.19. The number of aromatic nitrogens is 3. The van der Waals surface area contributed by atoms with Gasteiger partial charge in [0, 0.05) is 17.9 Å². The Morgan fingerprint density at radius 1 is 1.31 bits per heavy atom. The number of nitrogens with zero attached hydrogens (tertiary/aromatic N) is 2. The molecule has 0 aliphatic heterocycles. The van der Waals surface area contributed by atoms with Gasteiger partial charge in [0.05, 0.1) is 10.9 Å². The fourth-order valence-corrected chi connectivity index (χ4v) is 1.67. The molecule has 2 heterocycles. The SMILES string of the molecule is CC(C)(C)n1c(=O)[nH]c2ccncc2c1=O. The number of H-pyrrole nitrogens is 1. The maximum absolute atomic E-state index is 12.1. The molecule has 0 fully saturated rings. The molecule has 5 nitrogen and oxygen atoms in total. The Kier molecular flexibility index (Phi) is 2.18. The molecule has 84 valence electrons. The zero-order valence-corrected chi connectivity index (χ0v) is 9.44. The second-order valence-corrected chi connectivity index (χ2v) is 4.66. The van der Waals surface area contributed by atoms with E-state index in [2.05, 4.69) is 9.97 Å². The van der Waals surface area contributed by atoms with Crippen LogP contribution in [0.5, 0.6) is 0 Å². The number of hydrogen-bond acceptors (Lipinski definition) is 3. The first kappa shape index (κ1) is 10.6. The molecule has 1 N–H and O–H groups in total. The van der Waals surface area contributed by atoms with Gasteiger partial charge in [-0.05, 0) is 26.8 Å². The lowest BCUT2D eigenvalue weighted by Gasteiger charge is -2.20. The maximum atomic E-state index is 12.1. The first-order valence-electron chi connectivity index (χ1n) is 5.01. The molecule has 2 aromatic heterocycles. The molecule has 0 amide bonds. The number of fused-ring (bicyclic) bond motifs is 1. The number of pyridine rings is 1. The summed E-state index contributed by atoms with van der Waals surface area (Å²) in [6.45, 7) is 5.43. The average Bonchev–Trinajstić information content (AvgIpc) is 2.15. The maximum Gasteiger partial charge on any atom is 0.329 e. The highest BCUT2D eigenvalue weighted by atomic mass is 16.2. The van der Waals surface area contributed by atoms with Crippen LogP contribution in [0.2, 0.25) is 0 Å². The molecule has 0 aromatic carbocycles. The summed E-state index contributed by atoms with van der Waals surface area (Å²) in [6, 6.07) is 1.62. The van der Waals surface area contributed by atoms with Gasteiger partial charge in [0.2, 0.25) is 0 Å². The summed E-state index contributed by atoms with van der Waals surface area (Å²) in [5.41, 5.74) is -0.727. The van der Waals surface area contributed by atoms with Crippen molar-refractivity contribution in [3.05, 3.63) is 39.3 Å². The zero-order valence-electron chi connectivity index (χ0n) is 9.44. The minimum Gasteiger partial charge on any atom is -0.307 e. The van der Waals surface area contributed by atoms with Crippen molar-refractivity contribution in [2.75, 3.05) is 0 Å². The summed E-state index contributed by atoms with van der Waals surface area (Å²) in [4.78, 5) is 30.5. The average molecular weight is 219 g/mol. The molecule has 0 spiro atoms. The third kappa shape index (κ3) is 1.54. The molecule has 0 aliphatic rings. The van der Waals surface area contributed by atoms with Gasteiger partial charge in [0.15, 0.2) is 0 Å². The smallest absolute Gasteiger partial charge is 0.307 e. The molecule has 16 heavy (non-hydrogen) atoms. The molecule has 2 aromatic rings. The van der Waals surface area contributed by atoms with E-state index in [0.717, 1.165) is 0 Å². The Balaban J connectivity index is 2.99. The Labute approximate surface area is 91.8 Å². The van der Waals surface area contributed by atoms with Gasteiger partial charge in [0.1, 0.15) is 0 Å². The normalized spacial score (nSPS) is 11.9. The Morgan fingerprint density at radius 2 is 2.00 bits per heavy atom. The number of hydrogen-bond donors (Lipinski definition) is 1. The van der Waals surface area contributed by atoms with Crippen molar-refractivity contribution in [3.8, 4) is 0 Å². The van der Waals surface area contributed by atoms with Crippen molar-refractivity contribution in [1.82, 2.24) is 14.5 Å². The lowest BCUT2D eigenvalue weighted by Crippen LogP contribution is -2.44. The zero-order chi connectivity index (χ0) is 11.9. The van der Waals surface area contributed by atoms with Crippen LogP contribution in [0.1, 0.15) is 20.8 Å². The summed E-state index contributed by atoms with van der Waals surface area (Å²) in [7, 11) is 0. The molecule has 0 atom stereocenters. The fourth-order valence-electron chi connectivity index (χ4n) is 1.67. The molecule has 0 radical (unpaired) electrons. The summed E-state index contributed by atoms with van der Waals surface area (Å²) in [5.74, 6) is 0. The lowest BCUT2D eigenvalue weighted by atomic mass is 10.1. The minimum atomic E-state index is -0.547. The first-order chi connectivity index (χ1) is 7.41.